The van der Waals surface area contributed by atoms with E-state index in [0.717, 1.165) is 10.6 Å². The summed E-state index contributed by atoms with van der Waals surface area (Å²) in [6.07, 6.45) is 1.20. The molecule has 4 rings (SSSR count). The van der Waals surface area contributed by atoms with E-state index in [-0.39, 0.29) is 16.9 Å². The van der Waals surface area contributed by atoms with Crippen molar-refractivity contribution >= 4 is 56.8 Å². The highest BCUT2D eigenvalue weighted by molar-refractivity contribution is 9.10. The Morgan fingerprint density at radius 3 is 2.50 bits per heavy atom. The van der Waals surface area contributed by atoms with Crippen molar-refractivity contribution in [2.45, 2.75) is 6.92 Å². The summed E-state index contributed by atoms with van der Waals surface area (Å²) in [5, 5.41) is 15.5. The Balaban J connectivity index is 1.63. The number of carbonyl (C=O) groups is 3. The molecule has 0 saturated carbocycles. The summed E-state index contributed by atoms with van der Waals surface area (Å²) in [7, 11) is 0. The standard InChI is InChI=1S/C25H19BrN4O6/c1-15-7-9-18(10-8-15)27-22(31)14-36-23-16(11-17(26)13-21(23)30(34)35)12-20-24(32)28-29(25(20)33)19-5-3-2-4-6-19/h2-13H,14H2,1H3,(H,27,31)(H,28,32)/b20-12-. The van der Waals surface area contributed by atoms with Crippen LogP contribution in [0.5, 0.6) is 5.75 Å². The lowest BCUT2D eigenvalue weighted by Gasteiger charge is -2.14. The van der Waals surface area contributed by atoms with Gasteiger partial charge in [0.1, 0.15) is 5.57 Å². The van der Waals surface area contributed by atoms with Crippen molar-refractivity contribution in [3.05, 3.63) is 98.0 Å². The summed E-state index contributed by atoms with van der Waals surface area (Å²) >= 11 is 3.21. The zero-order valence-corrected chi connectivity index (χ0v) is 20.4. The summed E-state index contributed by atoms with van der Waals surface area (Å²) < 4.78 is 5.88. The number of nitrogens with zero attached hydrogens (tertiary/aromatic N) is 2. The first-order chi connectivity index (χ1) is 17.2. The maximum absolute atomic E-state index is 13.0. The van der Waals surface area contributed by atoms with Crippen LogP contribution >= 0.6 is 15.9 Å². The molecule has 0 aliphatic carbocycles. The molecule has 1 fully saturated rings. The summed E-state index contributed by atoms with van der Waals surface area (Å²) in [6.45, 7) is 1.37. The minimum atomic E-state index is -0.686. The van der Waals surface area contributed by atoms with E-state index in [2.05, 4.69) is 26.7 Å². The average Bonchev–Trinajstić information content (AvgIpc) is 3.13. The van der Waals surface area contributed by atoms with Gasteiger partial charge in [-0.1, -0.05) is 51.8 Å². The molecule has 1 aliphatic heterocycles. The van der Waals surface area contributed by atoms with Crippen molar-refractivity contribution in [1.82, 2.24) is 5.43 Å². The minimum Gasteiger partial charge on any atom is -0.476 e. The monoisotopic (exact) mass is 550 g/mol. The van der Waals surface area contributed by atoms with Gasteiger partial charge in [-0.05, 0) is 43.3 Å². The Morgan fingerprint density at radius 1 is 1.14 bits per heavy atom. The summed E-state index contributed by atoms with van der Waals surface area (Å²) in [5.41, 5.74) is 3.86. The molecule has 1 saturated heterocycles. The lowest BCUT2D eigenvalue weighted by atomic mass is 10.1. The third-order valence-electron chi connectivity index (χ3n) is 5.15. The SMILES string of the molecule is Cc1ccc(NC(=O)COc2c(/C=C3/C(=O)NN(c4ccccc4)C3=O)cc(Br)cc2[N+](=O)[O-])cc1. The van der Waals surface area contributed by atoms with E-state index in [1.165, 1.54) is 18.2 Å². The lowest BCUT2D eigenvalue weighted by Crippen LogP contribution is -2.35. The topological polar surface area (TPSA) is 131 Å². The number of hydrogen-bond donors (Lipinski definition) is 2. The first kappa shape index (κ1) is 24.6. The molecule has 1 heterocycles. The molecule has 3 aromatic rings. The van der Waals surface area contributed by atoms with Gasteiger partial charge in [-0.3, -0.25) is 29.9 Å². The van der Waals surface area contributed by atoms with Crippen LogP contribution in [0.15, 0.2) is 76.8 Å². The predicted molar refractivity (Wildman–Crippen MR) is 136 cm³/mol. The first-order valence-electron chi connectivity index (χ1n) is 10.6. The molecule has 0 aromatic heterocycles. The van der Waals surface area contributed by atoms with Crippen LogP contribution in [-0.4, -0.2) is 29.3 Å². The Morgan fingerprint density at radius 2 is 1.83 bits per heavy atom. The van der Waals surface area contributed by atoms with Gasteiger partial charge in [0, 0.05) is 21.8 Å². The Labute approximate surface area is 213 Å². The van der Waals surface area contributed by atoms with Crippen LogP contribution in [0.4, 0.5) is 17.1 Å². The maximum atomic E-state index is 13.0. The molecule has 0 spiro atoms. The van der Waals surface area contributed by atoms with Gasteiger partial charge in [0.15, 0.2) is 6.61 Å². The van der Waals surface area contributed by atoms with E-state index < -0.39 is 34.9 Å². The molecular formula is C25H19BrN4O6. The predicted octanol–water partition coefficient (Wildman–Crippen LogP) is 4.14. The molecular weight excluding hydrogens is 532 g/mol. The molecule has 36 heavy (non-hydrogen) atoms. The molecule has 1 aliphatic rings. The number of hydrogen-bond acceptors (Lipinski definition) is 6. The number of hydrazine groups is 1. The number of amides is 3. The zero-order chi connectivity index (χ0) is 25.8. The van der Waals surface area contributed by atoms with Crippen LogP contribution in [0.3, 0.4) is 0 Å². The molecule has 3 amide bonds. The van der Waals surface area contributed by atoms with E-state index >= 15 is 0 Å². The second-order valence-corrected chi connectivity index (χ2v) is 8.69. The first-order valence-corrected chi connectivity index (χ1v) is 11.4. The number of carbonyl (C=O) groups excluding carboxylic acids is 3. The van der Waals surface area contributed by atoms with Crippen LogP contribution in [0.2, 0.25) is 0 Å². The molecule has 0 bridgehead atoms. The highest BCUT2D eigenvalue weighted by atomic mass is 79.9. The Kier molecular flexibility index (Phi) is 7.11. The fourth-order valence-corrected chi connectivity index (χ4v) is 3.91. The summed E-state index contributed by atoms with van der Waals surface area (Å²) in [5.74, 6) is -2.13. The fourth-order valence-electron chi connectivity index (χ4n) is 3.44. The number of nitrogens with one attached hydrogen (secondary N) is 2. The van der Waals surface area contributed by atoms with Gasteiger partial charge in [0.05, 0.1) is 10.6 Å². The molecule has 182 valence electrons. The molecule has 0 unspecified atom stereocenters. The maximum Gasteiger partial charge on any atom is 0.312 e. The van der Waals surface area contributed by atoms with Gasteiger partial charge in [-0.25, -0.2) is 5.01 Å². The van der Waals surface area contributed by atoms with Gasteiger partial charge >= 0.3 is 5.69 Å². The quantitative estimate of drug-likeness (QED) is 0.196. The summed E-state index contributed by atoms with van der Waals surface area (Å²) in [4.78, 5) is 49.0. The van der Waals surface area contributed by atoms with Crippen molar-refractivity contribution in [2.24, 2.45) is 0 Å². The number of ether oxygens (including phenoxy) is 1. The van der Waals surface area contributed by atoms with Crippen LogP contribution in [0.1, 0.15) is 11.1 Å². The number of para-hydroxylation sites is 1. The van der Waals surface area contributed by atoms with Crippen molar-refractivity contribution in [2.75, 3.05) is 16.9 Å². The van der Waals surface area contributed by atoms with Gasteiger partial charge in [0.2, 0.25) is 5.75 Å². The third kappa shape index (κ3) is 5.41. The van der Waals surface area contributed by atoms with Gasteiger partial charge in [-0.15, -0.1) is 0 Å². The average molecular weight is 551 g/mol. The normalized spacial score (nSPS) is 14.1. The van der Waals surface area contributed by atoms with Gasteiger partial charge in [0.25, 0.3) is 17.7 Å². The number of anilines is 2. The molecule has 11 heteroatoms. The molecule has 2 N–H and O–H groups in total. The number of rotatable bonds is 7. The number of aryl methyl sites for hydroxylation is 1. The van der Waals surface area contributed by atoms with E-state index in [4.69, 9.17) is 4.74 Å². The van der Waals surface area contributed by atoms with Gasteiger partial charge < -0.3 is 10.1 Å². The Hall–Kier alpha value is -4.51. The second kappa shape index (κ2) is 10.4. The highest BCUT2D eigenvalue weighted by Gasteiger charge is 2.35. The van der Waals surface area contributed by atoms with Crippen molar-refractivity contribution in [1.29, 1.82) is 0 Å². The molecule has 10 nitrogen and oxygen atoms in total. The number of benzene rings is 3. The second-order valence-electron chi connectivity index (χ2n) is 7.78. The largest absolute Gasteiger partial charge is 0.476 e. The zero-order valence-electron chi connectivity index (χ0n) is 18.9. The van der Waals surface area contributed by atoms with Crippen LogP contribution in [0.25, 0.3) is 6.08 Å². The molecule has 3 aromatic carbocycles. The van der Waals surface area contributed by atoms with E-state index in [1.807, 2.05) is 19.1 Å². The fraction of sp³-hybridized carbons (Fsp3) is 0.0800. The number of nitro benzene ring substituents is 1. The van der Waals surface area contributed by atoms with Crippen molar-refractivity contribution in [3.8, 4) is 5.75 Å². The highest BCUT2D eigenvalue weighted by Crippen LogP contribution is 2.36. The van der Waals surface area contributed by atoms with Crippen molar-refractivity contribution < 1.29 is 24.0 Å². The van der Waals surface area contributed by atoms with Crippen molar-refractivity contribution in [3.63, 3.8) is 0 Å². The smallest absolute Gasteiger partial charge is 0.312 e. The third-order valence-corrected chi connectivity index (χ3v) is 5.61. The summed E-state index contributed by atoms with van der Waals surface area (Å²) in [6, 6.07) is 18.2. The number of halogens is 1. The van der Waals surface area contributed by atoms with E-state index in [1.54, 1.807) is 42.5 Å². The molecule has 0 radical (unpaired) electrons. The van der Waals surface area contributed by atoms with Gasteiger partial charge in [-0.2, -0.15) is 0 Å². The van der Waals surface area contributed by atoms with Crippen LogP contribution in [0, 0.1) is 17.0 Å². The van der Waals surface area contributed by atoms with Crippen LogP contribution < -0.4 is 20.5 Å². The number of nitro groups is 1. The lowest BCUT2D eigenvalue weighted by molar-refractivity contribution is -0.385. The minimum absolute atomic E-state index is 0.0765. The van der Waals surface area contributed by atoms with E-state index in [9.17, 15) is 24.5 Å². The van der Waals surface area contributed by atoms with Crippen LogP contribution in [-0.2, 0) is 14.4 Å². The van der Waals surface area contributed by atoms with E-state index in [0.29, 0.717) is 15.8 Å². The Bertz CT molecular complexity index is 1390. The molecule has 0 atom stereocenters.